The number of nitrogens with one attached hydrogen (secondary N) is 4. The number of aromatic nitrogens is 4. The van der Waals surface area contributed by atoms with Crippen LogP contribution in [0.5, 0.6) is 5.75 Å². The van der Waals surface area contributed by atoms with Gasteiger partial charge in [-0.3, -0.25) is 9.89 Å². The minimum Gasteiger partial charge on any atom is -0.495 e. The second kappa shape index (κ2) is 8.98. The van der Waals surface area contributed by atoms with E-state index in [2.05, 4.69) is 36.1 Å². The Labute approximate surface area is 195 Å². The van der Waals surface area contributed by atoms with Crippen LogP contribution in [0.3, 0.4) is 0 Å². The number of para-hydroxylation sites is 1. The van der Waals surface area contributed by atoms with Gasteiger partial charge in [0.2, 0.25) is 5.95 Å². The Kier molecular flexibility index (Phi) is 6.07. The summed E-state index contributed by atoms with van der Waals surface area (Å²) in [6, 6.07) is 9.95. The molecule has 0 fully saturated rings. The van der Waals surface area contributed by atoms with Crippen LogP contribution in [0.2, 0.25) is 0 Å². The number of anilines is 4. The fraction of sp³-hybridized carbons (Fsp3) is 0.182. The number of carbonyl (C=O) groups excluding carboxylic acids is 1. The molecule has 0 spiro atoms. The second-order valence-electron chi connectivity index (χ2n) is 7.49. The van der Waals surface area contributed by atoms with Crippen molar-refractivity contribution in [3.8, 4) is 5.75 Å². The first-order valence-corrected chi connectivity index (χ1v) is 12.1. The Bertz CT molecular complexity index is 1500. The quantitative estimate of drug-likeness (QED) is 0.312. The smallest absolute Gasteiger partial charge is 0.251 e. The Hall–Kier alpha value is -4.19. The fourth-order valence-electron chi connectivity index (χ4n) is 3.46. The SMILES string of the molecule is CNC(=O)c1cc(OC)c(Nc2nc(Nc3ccccc3S(C)(=O)=O)c3cn[nH]c3n2)cc1C. The van der Waals surface area contributed by atoms with Gasteiger partial charge in [-0.25, -0.2) is 8.42 Å². The number of nitrogens with zero attached hydrogens (tertiary/aromatic N) is 3. The molecule has 0 aliphatic carbocycles. The van der Waals surface area contributed by atoms with E-state index in [0.29, 0.717) is 39.5 Å². The maximum absolute atomic E-state index is 12.2. The summed E-state index contributed by atoms with van der Waals surface area (Å²) in [6.45, 7) is 1.81. The number of benzene rings is 2. The normalized spacial score (nSPS) is 11.3. The van der Waals surface area contributed by atoms with Gasteiger partial charge in [0.05, 0.1) is 35.0 Å². The van der Waals surface area contributed by atoms with Crippen LogP contribution in [0, 0.1) is 6.92 Å². The second-order valence-corrected chi connectivity index (χ2v) is 9.48. The van der Waals surface area contributed by atoms with Gasteiger partial charge >= 0.3 is 0 Å². The average Bonchev–Trinajstić information content (AvgIpc) is 3.27. The molecular weight excluding hydrogens is 458 g/mol. The number of fused-ring (bicyclic) bond motifs is 1. The molecule has 2 aromatic carbocycles. The number of methoxy groups -OCH3 is 1. The van der Waals surface area contributed by atoms with Crippen molar-refractivity contribution in [3.05, 3.63) is 53.7 Å². The molecule has 34 heavy (non-hydrogen) atoms. The van der Waals surface area contributed by atoms with E-state index in [1.54, 1.807) is 43.6 Å². The lowest BCUT2D eigenvalue weighted by Gasteiger charge is -2.15. The summed E-state index contributed by atoms with van der Waals surface area (Å²) in [4.78, 5) is 21.3. The van der Waals surface area contributed by atoms with Gasteiger partial charge in [0.1, 0.15) is 11.6 Å². The van der Waals surface area contributed by atoms with Crippen LogP contribution < -0.4 is 20.7 Å². The number of aromatic amines is 1. The predicted octanol–water partition coefficient (Wildman–Crippen LogP) is 2.92. The van der Waals surface area contributed by atoms with E-state index in [-0.39, 0.29) is 16.8 Å². The molecule has 2 heterocycles. The summed E-state index contributed by atoms with van der Waals surface area (Å²) in [5.74, 6) is 0.763. The van der Waals surface area contributed by atoms with Gasteiger partial charge in [0, 0.05) is 18.9 Å². The molecule has 0 aliphatic heterocycles. The number of hydrogen-bond acceptors (Lipinski definition) is 9. The number of ether oxygens (including phenoxy) is 1. The maximum Gasteiger partial charge on any atom is 0.251 e. The number of carbonyl (C=O) groups is 1. The molecule has 0 unspecified atom stereocenters. The molecule has 2 aromatic heterocycles. The van der Waals surface area contributed by atoms with Crippen LogP contribution in [-0.4, -0.2) is 54.9 Å². The molecule has 0 bridgehead atoms. The lowest BCUT2D eigenvalue weighted by molar-refractivity contribution is 0.0962. The highest BCUT2D eigenvalue weighted by atomic mass is 32.2. The lowest BCUT2D eigenvalue weighted by atomic mass is 10.1. The lowest BCUT2D eigenvalue weighted by Crippen LogP contribution is -2.19. The van der Waals surface area contributed by atoms with Crippen molar-refractivity contribution in [1.82, 2.24) is 25.5 Å². The van der Waals surface area contributed by atoms with Gasteiger partial charge < -0.3 is 20.7 Å². The number of rotatable bonds is 7. The number of amides is 1. The molecular formula is C22H23N7O4S. The molecule has 0 atom stereocenters. The van der Waals surface area contributed by atoms with E-state index < -0.39 is 9.84 Å². The third-order valence-corrected chi connectivity index (χ3v) is 6.27. The van der Waals surface area contributed by atoms with Gasteiger partial charge in [0.15, 0.2) is 15.5 Å². The van der Waals surface area contributed by atoms with Crippen LogP contribution in [-0.2, 0) is 9.84 Å². The zero-order valence-electron chi connectivity index (χ0n) is 18.9. The maximum atomic E-state index is 12.2. The molecule has 4 aromatic rings. The molecule has 0 saturated heterocycles. The van der Waals surface area contributed by atoms with Crippen molar-refractivity contribution in [3.63, 3.8) is 0 Å². The van der Waals surface area contributed by atoms with Crippen molar-refractivity contribution in [2.45, 2.75) is 11.8 Å². The monoisotopic (exact) mass is 481 g/mol. The third kappa shape index (κ3) is 4.48. The summed E-state index contributed by atoms with van der Waals surface area (Å²) in [5.41, 5.74) is 2.57. The summed E-state index contributed by atoms with van der Waals surface area (Å²) in [6.07, 6.45) is 2.69. The Morgan fingerprint density at radius 2 is 1.85 bits per heavy atom. The minimum atomic E-state index is -3.47. The first kappa shape index (κ1) is 23.0. The van der Waals surface area contributed by atoms with Crippen LogP contribution in [0.15, 0.2) is 47.5 Å². The first-order chi connectivity index (χ1) is 16.2. The van der Waals surface area contributed by atoms with Crippen molar-refractivity contribution in [2.24, 2.45) is 0 Å². The van der Waals surface area contributed by atoms with Crippen LogP contribution in [0.1, 0.15) is 15.9 Å². The Balaban J connectivity index is 1.76. The molecule has 4 N–H and O–H groups in total. The van der Waals surface area contributed by atoms with E-state index in [1.807, 2.05) is 6.92 Å². The largest absolute Gasteiger partial charge is 0.495 e. The molecule has 0 radical (unpaired) electrons. The van der Waals surface area contributed by atoms with Crippen molar-refractivity contribution >= 4 is 49.9 Å². The summed E-state index contributed by atoms with van der Waals surface area (Å²) >= 11 is 0. The standard InChI is InChI=1S/C22H23N7O4S/c1-12-9-16(17(33-3)10-13(12)21(30)23-2)26-22-27-19(14-11-24-29-20(14)28-22)25-15-7-5-6-8-18(15)34(4,31)32/h5-11H,1-4H3,(H,23,30)(H3,24,25,26,27,28,29). The van der Waals surface area contributed by atoms with Crippen molar-refractivity contribution < 1.29 is 17.9 Å². The number of sulfone groups is 1. The first-order valence-electron chi connectivity index (χ1n) is 10.2. The molecule has 12 heteroatoms. The van der Waals surface area contributed by atoms with E-state index in [0.717, 1.165) is 11.8 Å². The van der Waals surface area contributed by atoms with Crippen LogP contribution in [0.4, 0.5) is 23.1 Å². The van der Waals surface area contributed by atoms with Gasteiger partial charge in [-0.2, -0.15) is 15.1 Å². The average molecular weight is 482 g/mol. The summed E-state index contributed by atoms with van der Waals surface area (Å²) in [7, 11) is -0.416. The van der Waals surface area contributed by atoms with Crippen molar-refractivity contribution in [1.29, 1.82) is 0 Å². The molecule has 4 rings (SSSR count). The predicted molar refractivity (Wildman–Crippen MR) is 129 cm³/mol. The summed E-state index contributed by atoms with van der Waals surface area (Å²) < 4.78 is 29.9. The topological polar surface area (TPSA) is 151 Å². The fourth-order valence-corrected chi connectivity index (χ4v) is 4.31. The minimum absolute atomic E-state index is 0.141. The van der Waals surface area contributed by atoms with Gasteiger partial charge in [-0.05, 0) is 36.8 Å². The molecule has 0 saturated carbocycles. The number of aryl methyl sites for hydroxylation is 1. The van der Waals surface area contributed by atoms with Gasteiger partial charge in [-0.15, -0.1) is 0 Å². The van der Waals surface area contributed by atoms with Gasteiger partial charge in [-0.1, -0.05) is 12.1 Å². The number of hydrogen-bond donors (Lipinski definition) is 4. The van der Waals surface area contributed by atoms with Crippen LogP contribution in [0.25, 0.3) is 11.0 Å². The molecule has 176 valence electrons. The Morgan fingerprint density at radius 1 is 1.09 bits per heavy atom. The van der Waals surface area contributed by atoms with Crippen LogP contribution >= 0.6 is 0 Å². The third-order valence-electron chi connectivity index (χ3n) is 5.11. The highest BCUT2D eigenvalue weighted by Gasteiger charge is 2.18. The van der Waals surface area contributed by atoms with Gasteiger partial charge in [0.25, 0.3) is 5.91 Å². The van der Waals surface area contributed by atoms with E-state index in [9.17, 15) is 13.2 Å². The molecule has 0 aliphatic rings. The van der Waals surface area contributed by atoms with Crippen molar-refractivity contribution in [2.75, 3.05) is 31.0 Å². The highest BCUT2D eigenvalue weighted by Crippen LogP contribution is 2.32. The van der Waals surface area contributed by atoms with E-state index >= 15 is 0 Å². The molecule has 1 amide bonds. The summed E-state index contributed by atoms with van der Waals surface area (Å²) in [5, 5.41) is 16.2. The van der Waals surface area contributed by atoms with E-state index in [4.69, 9.17) is 4.74 Å². The zero-order chi connectivity index (χ0) is 24.5. The van der Waals surface area contributed by atoms with E-state index in [1.165, 1.54) is 13.2 Å². The highest BCUT2D eigenvalue weighted by molar-refractivity contribution is 7.90. The zero-order valence-corrected chi connectivity index (χ0v) is 19.7. The molecule has 11 nitrogen and oxygen atoms in total. The Morgan fingerprint density at radius 3 is 2.56 bits per heavy atom. The number of H-pyrrole nitrogens is 1.